The van der Waals surface area contributed by atoms with Gasteiger partial charge in [0.2, 0.25) is 0 Å². The predicted molar refractivity (Wildman–Crippen MR) is 76.9 cm³/mol. The summed E-state index contributed by atoms with van der Waals surface area (Å²) in [6, 6.07) is 6.97. The first-order valence-corrected chi connectivity index (χ1v) is 7.55. The molecule has 1 aromatic carbocycles. The van der Waals surface area contributed by atoms with Gasteiger partial charge < -0.3 is 14.6 Å². The van der Waals surface area contributed by atoms with Gasteiger partial charge in [-0.25, -0.2) is 0 Å². The highest BCUT2D eigenvalue weighted by Crippen LogP contribution is 2.39. The number of phenolic OH excluding ortho intramolecular Hbond substituents is 1. The number of phenols is 1. The van der Waals surface area contributed by atoms with Crippen LogP contribution in [-0.4, -0.2) is 30.0 Å². The van der Waals surface area contributed by atoms with E-state index in [9.17, 15) is 9.90 Å². The van der Waals surface area contributed by atoms with Crippen LogP contribution in [0.25, 0.3) is 0 Å². The Morgan fingerprint density at radius 3 is 2.76 bits per heavy atom. The van der Waals surface area contributed by atoms with Crippen molar-refractivity contribution in [1.82, 2.24) is 5.32 Å². The Labute approximate surface area is 124 Å². The zero-order valence-electron chi connectivity index (χ0n) is 12.1. The summed E-state index contributed by atoms with van der Waals surface area (Å²) in [5.41, 5.74) is 0. The van der Waals surface area contributed by atoms with Gasteiger partial charge in [-0.05, 0) is 50.5 Å². The molecule has 0 radical (unpaired) electrons. The lowest BCUT2D eigenvalue weighted by atomic mass is 9.72. The quantitative estimate of drug-likeness (QED) is 0.831. The van der Waals surface area contributed by atoms with Crippen molar-refractivity contribution in [3.8, 4) is 11.5 Å². The minimum Gasteiger partial charge on any atom is -0.508 e. The lowest BCUT2D eigenvalue weighted by molar-refractivity contribution is -0.157. The third-order valence-electron chi connectivity index (χ3n) is 4.38. The van der Waals surface area contributed by atoms with E-state index in [1.165, 1.54) is 0 Å². The number of hydrogen-bond donors (Lipinski definition) is 2. The molecule has 4 unspecified atom stereocenters. The van der Waals surface area contributed by atoms with E-state index in [4.69, 9.17) is 9.47 Å². The van der Waals surface area contributed by atoms with Crippen LogP contribution in [0, 0.1) is 11.8 Å². The van der Waals surface area contributed by atoms with Crippen molar-refractivity contribution in [1.29, 1.82) is 0 Å². The second-order valence-electron chi connectivity index (χ2n) is 5.73. The van der Waals surface area contributed by atoms with Crippen LogP contribution in [0.5, 0.6) is 11.5 Å². The average molecular weight is 291 g/mol. The number of nitrogens with one attached hydrogen (secondary N) is 1. The molecule has 4 atom stereocenters. The van der Waals surface area contributed by atoms with E-state index < -0.39 is 0 Å². The molecule has 3 fully saturated rings. The molecule has 1 aliphatic carbocycles. The third kappa shape index (κ3) is 2.97. The van der Waals surface area contributed by atoms with Crippen LogP contribution in [-0.2, 0) is 9.53 Å². The normalized spacial score (nSPS) is 30.9. The van der Waals surface area contributed by atoms with Crippen LogP contribution in [0.1, 0.15) is 26.2 Å². The summed E-state index contributed by atoms with van der Waals surface area (Å²) in [4.78, 5) is 12.1. The van der Waals surface area contributed by atoms with Crippen molar-refractivity contribution >= 4 is 5.97 Å². The summed E-state index contributed by atoms with van der Waals surface area (Å²) in [6.07, 6.45) is 2.72. The molecule has 2 saturated heterocycles. The lowest BCUT2D eigenvalue weighted by Gasteiger charge is -2.46. The van der Waals surface area contributed by atoms with Gasteiger partial charge in [0.05, 0.1) is 12.5 Å². The van der Waals surface area contributed by atoms with Crippen molar-refractivity contribution in [2.45, 2.75) is 38.5 Å². The summed E-state index contributed by atoms with van der Waals surface area (Å²) >= 11 is 0. The Balaban J connectivity index is 1.71. The first kappa shape index (κ1) is 14.2. The first-order valence-electron chi connectivity index (χ1n) is 7.55. The van der Waals surface area contributed by atoms with E-state index >= 15 is 0 Å². The highest BCUT2D eigenvalue weighted by molar-refractivity contribution is 5.73. The molecule has 0 aromatic heterocycles. The molecular weight excluding hydrogens is 270 g/mol. The topological polar surface area (TPSA) is 67.8 Å². The number of carbonyl (C=O) groups is 1. The number of esters is 1. The van der Waals surface area contributed by atoms with E-state index in [1.807, 2.05) is 6.92 Å². The molecule has 4 rings (SSSR count). The van der Waals surface area contributed by atoms with Gasteiger partial charge in [-0.2, -0.15) is 0 Å². The molecule has 21 heavy (non-hydrogen) atoms. The second kappa shape index (κ2) is 5.93. The van der Waals surface area contributed by atoms with Crippen LogP contribution < -0.4 is 10.1 Å². The zero-order valence-corrected chi connectivity index (χ0v) is 12.1. The standard InChI is InChI=1S/C16H21NO4/c1-2-20-16(19)14-9-10-3-8-13(14)15(17-10)21-12-6-4-11(18)5-7-12/h4-7,10,13-15,17-18H,2-3,8-9H2,1H3. The van der Waals surface area contributed by atoms with Gasteiger partial charge >= 0.3 is 5.97 Å². The van der Waals surface area contributed by atoms with Crippen molar-refractivity contribution in [2.75, 3.05) is 6.61 Å². The van der Waals surface area contributed by atoms with Crippen LogP contribution in [0.4, 0.5) is 0 Å². The van der Waals surface area contributed by atoms with E-state index in [0.717, 1.165) is 19.3 Å². The van der Waals surface area contributed by atoms with Crippen molar-refractivity contribution in [3.63, 3.8) is 0 Å². The molecule has 1 aromatic rings. The SMILES string of the molecule is CCOC(=O)C1CC2CCC1C(Oc1ccc(O)cc1)N2. The summed E-state index contributed by atoms with van der Waals surface area (Å²) in [5.74, 6) is 0.869. The Bertz CT molecular complexity index is 502. The molecule has 2 aliphatic heterocycles. The van der Waals surface area contributed by atoms with Gasteiger partial charge in [0.1, 0.15) is 11.5 Å². The molecule has 5 heteroatoms. The molecule has 1 saturated carbocycles. The molecular formula is C16H21NO4. The van der Waals surface area contributed by atoms with Crippen LogP contribution in [0.3, 0.4) is 0 Å². The van der Waals surface area contributed by atoms with Crippen molar-refractivity contribution < 1.29 is 19.4 Å². The van der Waals surface area contributed by atoms with E-state index in [-0.39, 0.29) is 29.8 Å². The highest BCUT2D eigenvalue weighted by Gasteiger charge is 2.46. The number of carbonyl (C=O) groups excluding carboxylic acids is 1. The second-order valence-corrected chi connectivity index (χ2v) is 5.73. The van der Waals surface area contributed by atoms with Crippen LogP contribution >= 0.6 is 0 Å². The van der Waals surface area contributed by atoms with Crippen LogP contribution in [0.15, 0.2) is 24.3 Å². The van der Waals surface area contributed by atoms with E-state index in [0.29, 0.717) is 18.4 Å². The van der Waals surface area contributed by atoms with E-state index in [1.54, 1.807) is 24.3 Å². The van der Waals surface area contributed by atoms with Gasteiger partial charge in [-0.15, -0.1) is 0 Å². The van der Waals surface area contributed by atoms with Crippen LogP contribution in [0.2, 0.25) is 0 Å². The number of rotatable bonds is 4. The Morgan fingerprint density at radius 2 is 2.10 bits per heavy atom. The fraction of sp³-hybridized carbons (Fsp3) is 0.562. The number of ether oxygens (including phenoxy) is 2. The Morgan fingerprint density at radius 1 is 1.33 bits per heavy atom. The van der Waals surface area contributed by atoms with Gasteiger partial charge in [0.15, 0.2) is 6.23 Å². The summed E-state index contributed by atoms with van der Waals surface area (Å²) in [5, 5.41) is 12.8. The predicted octanol–water partition coefficient (Wildman–Crippen LogP) is 2.05. The number of hydrogen-bond acceptors (Lipinski definition) is 5. The molecule has 2 N–H and O–H groups in total. The maximum absolute atomic E-state index is 12.1. The first-order chi connectivity index (χ1) is 10.2. The summed E-state index contributed by atoms with van der Waals surface area (Å²) in [6.45, 7) is 2.26. The summed E-state index contributed by atoms with van der Waals surface area (Å²) < 4.78 is 11.2. The zero-order chi connectivity index (χ0) is 14.8. The average Bonchev–Trinajstić information content (AvgIpc) is 2.50. The Kier molecular flexibility index (Phi) is 4.01. The maximum Gasteiger partial charge on any atom is 0.309 e. The van der Waals surface area contributed by atoms with Crippen molar-refractivity contribution in [2.24, 2.45) is 11.8 Å². The minimum atomic E-state index is -0.170. The fourth-order valence-electron chi connectivity index (χ4n) is 3.38. The molecule has 5 nitrogen and oxygen atoms in total. The monoisotopic (exact) mass is 291 g/mol. The number of piperidine rings is 2. The molecule has 0 amide bonds. The van der Waals surface area contributed by atoms with Gasteiger partial charge in [0.25, 0.3) is 0 Å². The number of aromatic hydroxyl groups is 1. The lowest BCUT2D eigenvalue weighted by Crippen LogP contribution is -2.60. The third-order valence-corrected chi connectivity index (χ3v) is 4.38. The number of benzene rings is 1. The minimum absolute atomic E-state index is 0.0768. The molecule has 2 bridgehead atoms. The van der Waals surface area contributed by atoms with Gasteiger partial charge in [0, 0.05) is 12.0 Å². The maximum atomic E-state index is 12.1. The molecule has 2 heterocycles. The van der Waals surface area contributed by atoms with E-state index in [2.05, 4.69) is 5.32 Å². The molecule has 0 spiro atoms. The summed E-state index contributed by atoms with van der Waals surface area (Å²) in [7, 11) is 0. The Hall–Kier alpha value is -1.75. The fourth-order valence-corrected chi connectivity index (χ4v) is 3.38. The highest BCUT2D eigenvalue weighted by atomic mass is 16.5. The molecule has 114 valence electrons. The van der Waals surface area contributed by atoms with Gasteiger partial charge in [-0.3, -0.25) is 10.1 Å². The van der Waals surface area contributed by atoms with Crippen molar-refractivity contribution in [3.05, 3.63) is 24.3 Å². The largest absolute Gasteiger partial charge is 0.508 e. The smallest absolute Gasteiger partial charge is 0.309 e. The molecule has 3 aliphatic rings. The van der Waals surface area contributed by atoms with Gasteiger partial charge in [-0.1, -0.05) is 0 Å². The number of fused-ring (bicyclic) bond motifs is 3.